The average molecular weight is 420 g/mol. The molecule has 0 saturated heterocycles. The molecule has 134 valence electrons. The van der Waals surface area contributed by atoms with Crippen molar-refractivity contribution < 1.29 is 13.2 Å². The van der Waals surface area contributed by atoms with Crippen LogP contribution >= 0.6 is 34.5 Å². The van der Waals surface area contributed by atoms with Gasteiger partial charge in [-0.05, 0) is 25.1 Å². The molecule has 2 heterocycles. The van der Waals surface area contributed by atoms with Gasteiger partial charge in [0, 0.05) is 29.4 Å². The Labute approximate surface area is 159 Å². The first-order valence-electron chi connectivity index (χ1n) is 7.53. The fourth-order valence-electron chi connectivity index (χ4n) is 2.48. The lowest BCUT2D eigenvalue weighted by Crippen LogP contribution is -2.36. The van der Waals surface area contributed by atoms with Crippen molar-refractivity contribution in [1.29, 1.82) is 0 Å². The van der Waals surface area contributed by atoms with Gasteiger partial charge >= 0.3 is 0 Å². The molecule has 0 atom stereocenters. The number of aromatic nitrogens is 1. The van der Waals surface area contributed by atoms with Crippen molar-refractivity contribution >= 4 is 55.6 Å². The van der Waals surface area contributed by atoms with Crippen LogP contribution in [0.1, 0.15) is 27.9 Å². The lowest BCUT2D eigenvalue weighted by atomic mass is 10.2. The van der Waals surface area contributed by atoms with Crippen LogP contribution in [0.3, 0.4) is 0 Å². The summed E-state index contributed by atoms with van der Waals surface area (Å²) in [7, 11) is -3.24. The van der Waals surface area contributed by atoms with Crippen molar-refractivity contribution in [2.45, 2.75) is 19.9 Å². The Balaban J connectivity index is 1.77. The van der Waals surface area contributed by atoms with Gasteiger partial charge in [-0.3, -0.25) is 10.1 Å². The number of sulfonamides is 1. The van der Waals surface area contributed by atoms with Crippen LogP contribution in [0.2, 0.25) is 10.0 Å². The first-order valence-corrected chi connectivity index (χ1v) is 10.7. The van der Waals surface area contributed by atoms with Gasteiger partial charge in [-0.25, -0.2) is 13.4 Å². The summed E-state index contributed by atoms with van der Waals surface area (Å²) >= 11 is 13.2. The van der Waals surface area contributed by atoms with E-state index in [-0.39, 0.29) is 16.7 Å². The summed E-state index contributed by atoms with van der Waals surface area (Å²) in [6.07, 6.45) is 0.530. The highest BCUT2D eigenvalue weighted by atomic mass is 35.5. The highest BCUT2D eigenvalue weighted by Crippen LogP contribution is 2.30. The molecule has 0 bridgehead atoms. The van der Waals surface area contributed by atoms with Gasteiger partial charge in [-0.2, -0.15) is 4.31 Å². The molecular formula is C15H15Cl2N3O3S2. The van der Waals surface area contributed by atoms with Crippen LogP contribution in [0.4, 0.5) is 5.13 Å². The quantitative estimate of drug-likeness (QED) is 0.822. The van der Waals surface area contributed by atoms with Crippen molar-refractivity contribution in [1.82, 2.24) is 9.29 Å². The van der Waals surface area contributed by atoms with Gasteiger partial charge in [0.1, 0.15) is 0 Å². The highest BCUT2D eigenvalue weighted by molar-refractivity contribution is 7.89. The summed E-state index contributed by atoms with van der Waals surface area (Å²) in [5.74, 6) is -0.314. The Morgan fingerprint density at radius 3 is 2.84 bits per heavy atom. The van der Waals surface area contributed by atoms with Gasteiger partial charge in [0.15, 0.2) is 5.13 Å². The van der Waals surface area contributed by atoms with E-state index in [4.69, 9.17) is 23.2 Å². The fourth-order valence-corrected chi connectivity index (χ4v) is 5.14. The van der Waals surface area contributed by atoms with Crippen molar-refractivity contribution in [3.8, 4) is 0 Å². The Kier molecular flexibility index (Phi) is 5.36. The first kappa shape index (κ1) is 18.6. The summed E-state index contributed by atoms with van der Waals surface area (Å²) in [4.78, 5) is 17.6. The number of hydrogen-bond donors (Lipinski definition) is 1. The predicted molar refractivity (Wildman–Crippen MR) is 100 cm³/mol. The number of fused-ring (bicyclic) bond motifs is 1. The third-order valence-corrected chi connectivity index (χ3v) is 7.22. The zero-order valence-corrected chi connectivity index (χ0v) is 16.4. The van der Waals surface area contributed by atoms with E-state index in [1.807, 2.05) is 0 Å². The lowest BCUT2D eigenvalue weighted by molar-refractivity contribution is 0.102. The number of anilines is 1. The topological polar surface area (TPSA) is 79.4 Å². The standard InChI is InChI=1S/C15H15Cl2N3O3S2/c1-2-25(22,23)20-6-5-12-13(8-20)24-15(18-12)19-14(21)10-4-3-9(16)7-11(10)17/h3-4,7H,2,5-6,8H2,1H3,(H,18,19,21). The molecule has 25 heavy (non-hydrogen) atoms. The Bertz CT molecular complexity index is 928. The van der Waals surface area contributed by atoms with Crippen molar-refractivity contribution in [2.24, 2.45) is 0 Å². The largest absolute Gasteiger partial charge is 0.298 e. The van der Waals surface area contributed by atoms with E-state index in [1.165, 1.54) is 21.7 Å². The highest BCUT2D eigenvalue weighted by Gasteiger charge is 2.28. The van der Waals surface area contributed by atoms with Crippen LogP contribution in [-0.2, 0) is 23.0 Å². The molecule has 0 unspecified atom stereocenters. The van der Waals surface area contributed by atoms with E-state index in [1.54, 1.807) is 19.1 Å². The van der Waals surface area contributed by atoms with Crippen molar-refractivity contribution in [2.75, 3.05) is 17.6 Å². The smallest absolute Gasteiger partial charge is 0.258 e. The minimum Gasteiger partial charge on any atom is -0.298 e. The number of hydrogen-bond acceptors (Lipinski definition) is 5. The maximum absolute atomic E-state index is 12.4. The van der Waals surface area contributed by atoms with E-state index in [0.717, 1.165) is 10.6 Å². The number of carbonyl (C=O) groups excluding carboxylic acids is 1. The van der Waals surface area contributed by atoms with Crippen LogP contribution in [-0.4, -0.2) is 35.9 Å². The second-order valence-electron chi connectivity index (χ2n) is 5.45. The molecule has 1 N–H and O–H groups in total. The number of carbonyl (C=O) groups is 1. The minimum absolute atomic E-state index is 0.0692. The summed E-state index contributed by atoms with van der Waals surface area (Å²) < 4.78 is 25.5. The van der Waals surface area contributed by atoms with Crippen molar-refractivity contribution in [3.63, 3.8) is 0 Å². The molecule has 0 fully saturated rings. The van der Waals surface area contributed by atoms with Crippen LogP contribution < -0.4 is 5.32 Å². The van der Waals surface area contributed by atoms with Gasteiger partial charge in [-0.15, -0.1) is 11.3 Å². The summed E-state index contributed by atoms with van der Waals surface area (Å²) in [6.45, 7) is 2.32. The molecule has 0 spiro atoms. The molecule has 0 radical (unpaired) electrons. The Morgan fingerprint density at radius 2 is 2.16 bits per heavy atom. The zero-order chi connectivity index (χ0) is 18.2. The van der Waals surface area contributed by atoms with Crippen LogP contribution in [0.25, 0.3) is 0 Å². The molecule has 2 aromatic rings. The number of nitrogens with zero attached hydrogens (tertiary/aromatic N) is 2. The molecule has 6 nitrogen and oxygen atoms in total. The van der Waals surface area contributed by atoms with Crippen LogP contribution in [0, 0.1) is 0 Å². The maximum Gasteiger partial charge on any atom is 0.258 e. The minimum atomic E-state index is -3.24. The van der Waals surface area contributed by atoms with Gasteiger partial charge in [0.25, 0.3) is 5.91 Å². The maximum atomic E-state index is 12.4. The summed E-state index contributed by atoms with van der Waals surface area (Å²) in [5.41, 5.74) is 1.12. The van der Waals surface area contributed by atoms with E-state index >= 15 is 0 Å². The molecule has 1 amide bonds. The SMILES string of the molecule is CCS(=O)(=O)N1CCc2nc(NC(=O)c3ccc(Cl)cc3Cl)sc2C1. The number of thiazole rings is 1. The van der Waals surface area contributed by atoms with E-state index in [9.17, 15) is 13.2 Å². The summed E-state index contributed by atoms with van der Waals surface area (Å²) in [5, 5.41) is 3.85. The second-order valence-corrected chi connectivity index (χ2v) is 9.64. The molecular weight excluding hydrogens is 405 g/mol. The van der Waals surface area contributed by atoms with Gasteiger partial charge in [0.05, 0.1) is 22.0 Å². The molecule has 0 saturated carbocycles. The molecule has 1 aromatic heterocycles. The monoisotopic (exact) mass is 419 g/mol. The normalized spacial score (nSPS) is 15.0. The van der Waals surface area contributed by atoms with Crippen LogP contribution in [0.5, 0.6) is 0 Å². The van der Waals surface area contributed by atoms with Gasteiger partial charge < -0.3 is 0 Å². The number of amides is 1. The molecule has 1 aromatic carbocycles. The summed E-state index contributed by atoms with van der Waals surface area (Å²) in [6, 6.07) is 4.63. The molecule has 10 heteroatoms. The second kappa shape index (κ2) is 7.20. The number of nitrogens with one attached hydrogen (secondary N) is 1. The Hall–Kier alpha value is -1.19. The first-order chi connectivity index (χ1) is 11.8. The Morgan fingerprint density at radius 1 is 1.40 bits per heavy atom. The van der Waals surface area contributed by atoms with E-state index in [0.29, 0.717) is 35.2 Å². The predicted octanol–water partition coefficient (Wildman–Crippen LogP) is 3.41. The molecule has 0 aliphatic carbocycles. The third kappa shape index (κ3) is 3.98. The number of halogens is 2. The number of rotatable bonds is 4. The third-order valence-electron chi connectivity index (χ3n) is 3.85. The van der Waals surface area contributed by atoms with Crippen LogP contribution in [0.15, 0.2) is 18.2 Å². The molecule has 1 aliphatic heterocycles. The number of benzene rings is 1. The zero-order valence-electron chi connectivity index (χ0n) is 13.3. The molecule has 1 aliphatic rings. The lowest BCUT2D eigenvalue weighted by Gasteiger charge is -2.24. The van der Waals surface area contributed by atoms with E-state index in [2.05, 4.69) is 10.3 Å². The fraction of sp³-hybridized carbons (Fsp3) is 0.333. The van der Waals surface area contributed by atoms with Gasteiger partial charge in [-0.1, -0.05) is 23.2 Å². The molecule has 3 rings (SSSR count). The van der Waals surface area contributed by atoms with Gasteiger partial charge in [0.2, 0.25) is 10.0 Å². The van der Waals surface area contributed by atoms with Crippen molar-refractivity contribution in [3.05, 3.63) is 44.4 Å². The van der Waals surface area contributed by atoms with E-state index < -0.39 is 10.0 Å². The average Bonchev–Trinajstić information content (AvgIpc) is 2.95.